The van der Waals surface area contributed by atoms with Gasteiger partial charge in [-0.3, -0.25) is 9.59 Å². The lowest BCUT2D eigenvalue weighted by molar-refractivity contribution is -0.119. The van der Waals surface area contributed by atoms with Crippen molar-refractivity contribution in [2.75, 3.05) is 5.32 Å². The number of benzene rings is 2. The van der Waals surface area contributed by atoms with Crippen molar-refractivity contribution in [2.24, 2.45) is 0 Å². The SMILES string of the molecule is Cc1ccc(-c2ccc(=O)n(C(C)C(=O)Nc3cccc(C#N)c3)n2)cc1. The van der Waals surface area contributed by atoms with Crippen LogP contribution in [0.5, 0.6) is 0 Å². The summed E-state index contributed by atoms with van der Waals surface area (Å²) in [5.74, 6) is -0.388. The highest BCUT2D eigenvalue weighted by Gasteiger charge is 2.18. The van der Waals surface area contributed by atoms with E-state index in [1.165, 1.54) is 10.7 Å². The fourth-order valence-electron chi connectivity index (χ4n) is 2.61. The van der Waals surface area contributed by atoms with Gasteiger partial charge in [-0.25, -0.2) is 4.68 Å². The first-order valence-corrected chi connectivity index (χ1v) is 8.46. The smallest absolute Gasteiger partial charge is 0.267 e. The summed E-state index contributed by atoms with van der Waals surface area (Å²) in [6.07, 6.45) is 0. The zero-order valence-electron chi connectivity index (χ0n) is 15.0. The molecule has 3 rings (SSSR count). The Bertz CT molecular complexity index is 1080. The summed E-state index contributed by atoms with van der Waals surface area (Å²) < 4.78 is 1.17. The molecule has 1 unspecified atom stereocenters. The van der Waals surface area contributed by atoms with Gasteiger partial charge in [0.15, 0.2) is 0 Å². The molecule has 6 heteroatoms. The maximum absolute atomic E-state index is 12.6. The first-order chi connectivity index (χ1) is 13.0. The molecular formula is C21H18N4O2. The number of aromatic nitrogens is 2. The minimum absolute atomic E-state index is 0.362. The molecule has 0 aliphatic rings. The maximum Gasteiger partial charge on any atom is 0.267 e. The molecule has 1 atom stereocenters. The first kappa shape index (κ1) is 18.1. The zero-order chi connectivity index (χ0) is 19.4. The Morgan fingerprint density at radius 1 is 1.15 bits per heavy atom. The van der Waals surface area contributed by atoms with Crippen LogP contribution in [0.4, 0.5) is 5.69 Å². The summed E-state index contributed by atoms with van der Waals surface area (Å²) >= 11 is 0. The fourth-order valence-corrected chi connectivity index (χ4v) is 2.61. The second-order valence-corrected chi connectivity index (χ2v) is 6.23. The number of amides is 1. The number of nitriles is 1. The van der Waals surface area contributed by atoms with Crippen molar-refractivity contribution in [1.82, 2.24) is 9.78 Å². The molecule has 0 saturated heterocycles. The normalized spacial score (nSPS) is 11.4. The zero-order valence-corrected chi connectivity index (χ0v) is 15.0. The average Bonchev–Trinajstić information content (AvgIpc) is 2.68. The van der Waals surface area contributed by atoms with Crippen LogP contribution in [-0.2, 0) is 4.79 Å². The van der Waals surface area contributed by atoms with Gasteiger partial charge in [-0.05, 0) is 38.1 Å². The quantitative estimate of drug-likeness (QED) is 0.775. The predicted molar refractivity (Wildman–Crippen MR) is 103 cm³/mol. The Morgan fingerprint density at radius 3 is 2.59 bits per heavy atom. The third kappa shape index (κ3) is 4.10. The van der Waals surface area contributed by atoms with Crippen molar-refractivity contribution in [3.05, 3.63) is 82.1 Å². The lowest BCUT2D eigenvalue weighted by Crippen LogP contribution is -2.33. The molecule has 1 N–H and O–H groups in total. The van der Waals surface area contributed by atoms with Crippen LogP contribution in [-0.4, -0.2) is 15.7 Å². The average molecular weight is 358 g/mol. The molecule has 0 aliphatic carbocycles. The topological polar surface area (TPSA) is 87.8 Å². The number of carbonyl (C=O) groups is 1. The standard InChI is InChI=1S/C21H18N4O2/c1-14-6-8-17(9-7-14)19-10-11-20(26)25(24-19)15(2)21(27)23-18-5-3-4-16(12-18)13-22/h3-12,15H,1-2H3,(H,23,27). The molecule has 0 fully saturated rings. The van der Waals surface area contributed by atoms with Crippen molar-refractivity contribution in [3.8, 4) is 17.3 Å². The van der Waals surface area contributed by atoms with Gasteiger partial charge in [0.2, 0.25) is 5.91 Å². The number of hydrogen-bond acceptors (Lipinski definition) is 4. The third-order valence-electron chi connectivity index (χ3n) is 4.18. The summed E-state index contributed by atoms with van der Waals surface area (Å²) in [5.41, 5.74) is 3.17. The van der Waals surface area contributed by atoms with Gasteiger partial charge in [0, 0.05) is 17.3 Å². The van der Waals surface area contributed by atoms with E-state index in [1.54, 1.807) is 37.3 Å². The summed E-state index contributed by atoms with van der Waals surface area (Å²) in [6.45, 7) is 3.60. The molecule has 3 aromatic rings. The van der Waals surface area contributed by atoms with Crippen LogP contribution < -0.4 is 10.9 Å². The molecule has 6 nitrogen and oxygen atoms in total. The summed E-state index contributed by atoms with van der Waals surface area (Å²) in [4.78, 5) is 24.8. The van der Waals surface area contributed by atoms with E-state index >= 15 is 0 Å². The van der Waals surface area contributed by atoms with E-state index in [0.717, 1.165) is 11.1 Å². The first-order valence-electron chi connectivity index (χ1n) is 8.46. The van der Waals surface area contributed by atoms with Gasteiger partial charge >= 0.3 is 0 Å². The van der Waals surface area contributed by atoms with E-state index in [0.29, 0.717) is 16.9 Å². The highest BCUT2D eigenvalue weighted by atomic mass is 16.2. The van der Waals surface area contributed by atoms with E-state index in [4.69, 9.17) is 5.26 Å². The van der Waals surface area contributed by atoms with E-state index < -0.39 is 6.04 Å². The Balaban J connectivity index is 1.87. The Morgan fingerprint density at radius 2 is 1.89 bits per heavy atom. The molecule has 1 heterocycles. The molecule has 27 heavy (non-hydrogen) atoms. The van der Waals surface area contributed by atoms with Crippen molar-refractivity contribution in [1.29, 1.82) is 5.26 Å². The Kier molecular flexibility index (Phi) is 5.13. The van der Waals surface area contributed by atoms with Gasteiger partial charge in [0.05, 0.1) is 17.3 Å². The molecule has 0 spiro atoms. The van der Waals surface area contributed by atoms with Gasteiger partial charge in [0.1, 0.15) is 6.04 Å². The van der Waals surface area contributed by atoms with E-state index in [2.05, 4.69) is 10.4 Å². The number of aryl methyl sites for hydroxylation is 1. The van der Waals surface area contributed by atoms with Crippen LogP contribution in [0, 0.1) is 18.3 Å². The summed E-state index contributed by atoms with van der Waals surface area (Å²) in [5, 5.41) is 16.0. The molecule has 1 amide bonds. The second kappa shape index (κ2) is 7.67. The van der Waals surface area contributed by atoms with Gasteiger partial charge in [-0.2, -0.15) is 10.4 Å². The lowest BCUT2D eigenvalue weighted by Gasteiger charge is -2.15. The van der Waals surface area contributed by atoms with Crippen molar-refractivity contribution in [2.45, 2.75) is 19.9 Å². The monoisotopic (exact) mass is 358 g/mol. The van der Waals surface area contributed by atoms with E-state index in [-0.39, 0.29) is 11.5 Å². The summed E-state index contributed by atoms with van der Waals surface area (Å²) in [7, 11) is 0. The highest BCUT2D eigenvalue weighted by molar-refractivity contribution is 5.93. The van der Waals surface area contributed by atoms with Crippen LogP contribution in [0.2, 0.25) is 0 Å². The van der Waals surface area contributed by atoms with Gasteiger partial charge in [-0.1, -0.05) is 35.9 Å². The van der Waals surface area contributed by atoms with Gasteiger partial charge in [-0.15, -0.1) is 0 Å². The summed E-state index contributed by atoms with van der Waals surface area (Å²) in [6, 6.07) is 18.6. The molecule has 0 radical (unpaired) electrons. The van der Waals surface area contributed by atoms with Crippen LogP contribution in [0.25, 0.3) is 11.3 Å². The molecule has 2 aromatic carbocycles. The molecular weight excluding hydrogens is 340 g/mol. The molecule has 0 bridgehead atoms. The maximum atomic E-state index is 12.6. The van der Waals surface area contributed by atoms with Gasteiger partial charge < -0.3 is 5.32 Å². The minimum Gasteiger partial charge on any atom is -0.324 e. The van der Waals surface area contributed by atoms with Crippen molar-refractivity contribution < 1.29 is 4.79 Å². The second-order valence-electron chi connectivity index (χ2n) is 6.23. The van der Waals surface area contributed by atoms with Gasteiger partial charge in [0.25, 0.3) is 5.56 Å². The molecule has 0 saturated carbocycles. The highest BCUT2D eigenvalue weighted by Crippen LogP contribution is 2.17. The molecule has 1 aromatic heterocycles. The Hall–Kier alpha value is -3.72. The molecule has 0 aliphatic heterocycles. The van der Waals surface area contributed by atoms with Crippen LogP contribution in [0.15, 0.2) is 65.5 Å². The fraction of sp³-hybridized carbons (Fsp3) is 0.143. The van der Waals surface area contributed by atoms with Crippen LogP contribution in [0.3, 0.4) is 0 Å². The Labute approximate surface area is 156 Å². The number of hydrogen-bond donors (Lipinski definition) is 1. The lowest BCUT2D eigenvalue weighted by atomic mass is 10.1. The number of carbonyl (C=O) groups excluding carboxylic acids is 1. The van der Waals surface area contributed by atoms with Crippen molar-refractivity contribution in [3.63, 3.8) is 0 Å². The number of anilines is 1. The number of rotatable bonds is 4. The molecule has 134 valence electrons. The third-order valence-corrected chi connectivity index (χ3v) is 4.18. The predicted octanol–water partition coefficient (Wildman–Crippen LogP) is 3.29. The van der Waals surface area contributed by atoms with E-state index in [1.807, 2.05) is 37.3 Å². The number of nitrogens with zero attached hydrogens (tertiary/aromatic N) is 3. The van der Waals surface area contributed by atoms with Crippen LogP contribution in [0.1, 0.15) is 24.1 Å². The minimum atomic E-state index is -0.811. The number of nitrogens with one attached hydrogen (secondary N) is 1. The van der Waals surface area contributed by atoms with Crippen molar-refractivity contribution >= 4 is 11.6 Å². The van der Waals surface area contributed by atoms with E-state index in [9.17, 15) is 9.59 Å². The largest absolute Gasteiger partial charge is 0.324 e. The van der Waals surface area contributed by atoms with Crippen LogP contribution >= 0.6 is 0 Å².